The number of unbranched alkanes of at least 4 members (excludes halogenated alkanes) is 4. The number of carbonyl (C=O) groups is 11. The summed E-state index contributed by atoms with van der Waals surface area (Å²) in [5.41, 5.74) is -1.82. The molecule has 0 aromatic rings. The first-order valence-corrected chi connectivity index (χ1v) is 23.4. The van der Waals surface area contributed by atoms with Crippen molar-refractivity contribution in [1.29, 1.82) is 0 Å². The number of hydrogen-bond donors (Lipinski definition) is 5. The number of carboxylic acid groups (broad SMARTS) is 1. The summed E-state index contributed by atoms with van der Waals surface area (Å²) in [6.45, 7) is 8.67. The van der Waals surface area contributed by atoms with E-state index in [1.54, 1.807) is 0 Å². The van der Waals surface area contributed by atoms with E-state index in [2.05, 4.69) is 21.3 Å². The van der Waals surface area contributed by atoms with Crippen LogP contribution in [0.1, 0.15) is 101 Å². The molecule has 5 N–H and O–H groups in total. The van der Waals surface area contributed by atoms with Crippen molar-refractivity contribution < 1.29 is 115 Å². The first kappa shape index (κ1) is 62.7. The molecule has 2 fully saturated rings. The maximum atomic E-state index is 12.5. The topological polar surface area (TPSA) is 367 Å². The zero-order valence-corrected chi connectivity index (χ0v) is 42.5. The van der Waals surface area contributed by atoms with E-state index in [1.807, 2.05) is 0 Å². The molecule has 28 heteroatoms. The van der Waals surface area contributed by atoms with E-state index >= 15 is 0 Å². The molecular formula is C45H70N4O24. The summed E-state index contributed by atoms with van der Waals surface area (Å²) in [6.07, 6.45) is -9.13. The average Bonchev–Trinajstić information content (AvgIpc) is 3.28. The maximum Gasteiger partial charge on any atom is 0.407 e. The molecule has 11 atom stereocenters. The van der Waals surface area contributed by atoms with Crippen molar-refractivity contribution in [2.24, 2.45) is 5.41 Å². The number of esters is 6. The van der Waals surface area contributed by atoms with Crippen molar-refractivity contribution in [2.45, 2.75) is 162 Å². The predicted molar refractivity (Wildman–Crippen MR) is 242 cm³/mol. The normalized spacial score (nSPS) is 24.1. The van der Waals surface area contributed by atoms with E-state index in [4.69, 9.17) is 56.8 Å². The quantitative estimate of drug-likeness (QED) is 0.0380. The highest BCUT2D eigenvalue weighted by molar-refractivity contribution is 5.77. The number of aliphatic carboxylic acids is 1. The molecule has 2 aliphatic rings. The van der Waals surface area contributed by atoms with Crippen LogP contribution in [-0.4, -0.2) is 185 Å². The number of alkyl carbamates (subject to hydrolysis) is 2. The molecule has 0 spiro atoms. The van der Waals surface area contributed by atoms with E-state index in [-0.39, 0.29) is 26.3 Å². The molecular weight excluding hydrogens is 980 g/mol. The van der Waals surface area contributed by atoms with Crippen molar-refractivity contribution in [3.63, 3.8) is 0 Å². The Morgan fingerprint density at radius 2 is 0.808 bits per heavy atom. The Bertz CT molecular complexity index is 1780. The molecule has 2 rings (SSSR count). The second-order valence-corrected chi connectivity index (χ2v) is 17.2. The maximum absolute atomic E-state index is 12.5. The van der Waals surface area contributed by atoms with Gasteiger partial charge in [-0.15, -0.1) is 0 Å². The second-order valence-electron chi connectivity index (χ2n) is 17.2. The minimum atomic E-state index is -1.82. The van der Waals surface area contributed by atoms with Crippen LogP contribution in [0, 0.1) is 5.41 Å². The van der Waals surface area contributed by atoms with Gasteiger partial charge < -0.3 is 83.2 Å². The van der Waals surface area contributed by atoms with Crippen molar-refractivity contribution in [2.75, 3.05) is 52.7 Å². The van der Waals surface area contributed by atoms with Gasteiger partial charge in [0.05, 0.1) is 0 Å². The van der Waals surface area contributed by atoms with E-state index in [0.717, 1.165) is 41.5 Å². The molecule has 0 aliphatic carbocycles. The molecule has 0 aromatic heterocycles. The van der Waals surface area contributed by atoms with Gasteiger partial charge in [-0.1, -0.05) is 0 Å². The fraction of sp³-hybridized carbons (Fsp3) is 0.756. The van der Waals surface area contributed by atoms with Gasteiger partial charge in [0.1, 0.15) is 56.1 Å². The van der Waals surface area contributed by atoms with Crippen LogP contribution in [0.2, 0.25) is 0 Å². The molecule has 6 unspecified atom stereocenters. The van der Waals surface area contributed by atoms with E-state index in [0.29, 0.717) is 38.5 Å². The lowest BCUT2D eigenvalue weighted by Crippen LogP contribution is -2.66. The summed E-state index contributed by atoms with van der Waals surface area (Å²) in [7, 11) is 0. The zero-order chi connectivity index (χ0) is 54.8. The van der Waals surface area contributed by atoms with Crippen LogP contribution in [0.15, 0.2) is 0 Å². The zero-order valence-electron chi connectivity index (χ0n) is 42.5. The molecule has 0 radical (unpaired) electrons. The fourth-order valence-corrected chi connectivity index (χ4v) is 7.17. The molecule has 28 nitrogen and oxygen atoms in total. The number of nitrogens with one attached hydrogen (secondary N) is 4. The van der Waals surface area contributed by atoms with Gasteiger partial charge in [-0.05, 0) is 45.4 Å². The van der Waals surface area contributed by atoms with Crippen LogP contribution < -0.4 is 21.3 Å². The third-order valence-corrected chi connectivity index (χ3v) is 10.4. The van der Waals surface area contributed by atoms with Crippen molar-refractivity contribution in [3.8, 4) is 0 Å². The van der Waals surface area contributed by atoms with E-state index < -0.39 is 159 Å². The fourth-order valence-electron chi connectivity index (χ4n) is 7.17. The van der Waals surface area contributed by atoms with Gasteiger partial charge in [-0.2, -0.15) is 0 Å². The van der Waals surface area contributed by atoms with Crippen molar-refractivity contribution >= 4 is 65.8 Å². The van der Waals surface area contributed by atoms with E-state index in [9.17, 15) is 57.8 Å². The number of rotatable bonds is 29. The number of amides is 4. The summed E-state index contributed by atoms with van der Waals surface area (Å²) in [6, 6.07) is -2.27. The van der Waals surface area contributed by atoms with Gasteiger partial charge in [-0.3, -0.25) is 43.2 Å². The third-order valence-electron chi connectivity index (χ3n) is 10.4. The lowest BCUT2D eigenvalue weighted by molar-refractivity contribution is -0.277. The third kappa shape index (κ3) is 23.8. The van der Waals surface area contributed by atoms with Crippen LogP contribution in [0.4, 0.5) is 9.59 Å². The van der Waals surface area contributed by atoms with Crippen LogP contribution >= 0.6 is 0 Å². The number of carboxylic acids is 1. The minimum Gasteiger partial charge on any atom is -0.481 e. The minimum absolute atomic E-state index is 0.0430. The molecule has 73 heavy (non-hydrogen) atoms. The Balaban J connectivity index is 1.80. The summed E-state index contributed by atoms with van der Waals surface area (Å²) in [5, 5.41) is 20.1. The molecule has 414 valence electrons. The Hall–Kier alpha value is -6.39. The summed E-state index contributed by atoms with van der Waals surface area (Å²) < 4.78 is 65.7. The lowest BCUT2D eigenvalue weighted by Gasteiger charge is -2.44. The lowest BCUT2D eigenvalue weighted by atomic mass is 9.93. The highest BCUT2D eigenvalue weighted by atomic mass is 16.7. The number of carbonyl (C=O) groups excluding carboxylic acids is 10. The monoisotopic (exact) mass is 1050 g/mol. The van der Waals surface area contributed by atoms with E-state index in [1.165, 1.54) is 20.8 Å². The molecule has 4 amide bonds. The van der Waals surface area contributed by atoms with Gasteiger partial charge in [0, 0.05) is 81.7 Å². The van der Waals surface area contributed by atoms with Gasteiger partial charge in [0.15, 0.2) is 37.0 Å². The number of ether oxygens (including phenoxy) is 12. The molecule has 0 aromatic carbocycles. The first-order valence-electron chi connectivity index (χ1n) is 23.4. The standard InChI is InChI=1S/C45H70N4O24/c1-24(50)48-34-38(70-30(7)56)36(68-28(5)54)32(20-64-26(3)52)72-40(34)62-18-14-10-12-16-46-43(60)66-22-45(9,42(58)59)23-67-44(61)47-17-13-11-15-19-63-41-35(49-25(2)51)39(71-31(8)57)37(69-29(6)55)33(73-41)21-65-27(4)53/h32-41H,10-23H2,1-9H3,(H,46,60)(H,47,61)(H,48,50)(H,49,51)(H,58,59)/t32?,33?,34-,35?,36-,37-,38?,39?,40+,41+,45?/m0/s1. The second kappa shape index (κ2) is 31.9. The molecule has 0 bridgehead atoms. The smallest absolute Gasteiger partial charge is 0.407 e. The Labute approximate surface area is 421 Å². The largest absolute Gasteiger partial charge is 0.481 e. The summed E-state index contributed by atoms with van der Waals surface area (Å²) in [5.74, 6) is -6.81. The van der Waals surface area contributed by atoms with Crippen LogP contribution in [0.25, 0.3) is 0 Å². The highest BCUT2D eigenvalue weighted by Crippen LogP contribution is 2.30. The van der Waals surface area contributed by atoms with Gasteiger partial charge in [0.2, 0.25) is 11.8 Å². The van der Waals surface area contributed by atoms with Crippen LogP contribution in [-0.2, 0) is 100.0 Å². The Kier molecular flexibility index (Phi) is 27.4. The van der Waals surface area contributed by atoms with Crippen molar-refractivity contribution in [3.05, 3.63) is 0 Å². The number of hydrogen-bond acceptors (Lipinski definition) is 23. The Morgan fingerprint density at radius 3 is 1.11 bits per heavy atom. The molecule has 2 saturated heterocycles. The molecule has 2 aliphatic heterocycles. The Morgan fingerprint density at radius 1 is 0.466 bits per heavy atom. The van der Waals surface area contributed by atoms with Crippen LogP contribution in [0.5, 0.6) is 0 Å². The summed E-state index contributed by atoms with van der Waals surface area (Å²) >= 11 is 0. The van der Waals surface area contributed by atoms with Gasteiger partial charge in [-0.25, -0.2) is 9.59 Å². The summed E-state index contributed by atoms with van der Waals surface area (Å²) in [4.78, 5) is 132. The van der Waals surface area contributed by atoms with Gasteiger partial charge >= 0.3 is 54.0 Å². The molecule has 2 heterocycles. The average molecular weight is 1050 g/mol. The SMILES string of the molecule is CC(=O)NC1C(OC(C)=O)[C@@H](OC(C)=O)C(COC(C)=O)O[C@H]1OCCCCCNC(=O)OCC(C)(COC(=O)NCCCCCO[C@@H]1OC(COC(C)=O)[C@H](OC(C)=O)C(OC(C)=O)[C@@H]1NC(C)=O)C(=O)O. The highest BCUT2D eigenvalue weighted by Gasteiger charge is 2.53. The van der Waals surface area contributed by atoms with Gasteiger partial charge in [0.25, 0.3) is 0 Å². The van der Waals surface area contributed by atoms with Crippen LogP contribution in [0.3, 0.4) is 0 Å². The molecule has 0 saturated carbocycles. The first-order chi connectivity index (χ1) is 34.3. The predicted octanol–water partition coefficient (Wildman–Crippen LogP) is 0.216. The van der Waals surface area contributed by atoms with Crippen molar-refractivity contribution in [1.82, 2.24) is 21.3 Å².